The Morgan fingerprint density at radius 1 is 1.35 bits per heavy atom. The Balaban J connectivity index is 1.68. The van der Waals surface area contributed by atoms with Gasteiger partial charge in [-0.25, -0.2) is 0 Å². The molecule has 3 atom stereocenters. The molecule has 4 nitrogen and oxygen atoms in total. The van der Waals surface area contributed by atoms with E-state index in [0.29, 0.717) is 30.3 Å². The van der Waals surface area contributed by atoms with Crippen LogP contribution in [0.1, 0.15) is 40.0 Å². The van der Waals surface area contributed by atoms with E-state index in [1.54, 1.807) is 4.68 Å². The molecule has 1 saturated carbocycles. The van der Waals surface area contributed by atoms with Crippen LogP contribution in [-0.4, -0.2) is 21.7 Å². The summed E-state index contributed by atoms with van der Waals surface area (Å²) in [5.41, 5.74) is 1.01. The summed E-state index contributed by atoms with van der Waals surface area (Å²) in [5, 5.41) is 8.71. The molecule has 124 valence electrons. The summed E-state index contributed by atoms with van der Waals surface area (Å²) in [6.45, 7) is 7.11. The molecule has 1 heterocycles. The second-order valence-corrected chi connectivity index (χ2v) is 7.36. The summed E-state index contributed by atoms with van der Waals surface area (Å²) < 4.78 is 1.79. The van der Waals surface area contributed by atoms with Gasteiger partial charge in [-0.15, -0.1) is 0 Å². The molecular weight excluding hydrogens is 286 g/mol. The van der Waals surface area contributed by atoms with E-state index in [1.165, 1.54) is 12.8 Å². The van der Waals surface area contributed by atoms with Crippen LogP contribution in [-0.2, 0) is 11.3 Å². The number of amides is 1. The second-order valence-electron chi connectivity index (χ2n) is 7.36. The number of benzene rings is 1. The second kappa shape index (κ2) is 6.73. The van der Waals surface area contributed by atoms with E-state index in [9.17, 15) is 4.79 Å². The molecule has 2 aromatic rings. The van der Waals surface area contributed by atoms with Crippen molar-refractivity contribution in [1.29, 1.82) is 0 Å². The Morgan fingerprint density at radius 2 is 2.13 bits per heavy atom. The number of para-hydroxylation sites is 1. The lowest BCUT2D eigenvalue weighted by molar-refractivity contribution is -0.123. The highest BCUT2D eigenvalue weighted by Gasteiger charge is 2.31. The van der Waals surface area contributed by atoms with Crippen LogP contribution in [0.5, 0.6) is 0 Å². The van der Waals surface area contributed by atoms with Crippen molar-refractivity contribution in [1.82, 2.24) is 15.1 Å². The SMILES string of the molecule is CC(C)[C@H]1CC[C@@H](C)C[C@@H]1NC(=O)Cn1ncc2ccccc21. The number of carbonyl (C=O) groups is 1. The number of hydrogen-bond donors (Lipinski definition) is 1. The van der Waals surface area contributed by atoms with Crippen molar-refractivity contribution in [3.05, 3.63) is 30.5 Å². The summed E-state index contributed by atoms with van der Waals surface area (Å²) >= 11 is 0. The number of nitrogens with zero attached hydrogens (tertiary/aromatic N) is 2. The van der Waals surface area contributed by atoms with Crippen molar-refractivity contribution in [2.24, 2.45) is 17.8 Å². The van der Waals surface area contributed by atoms with Gasteiger partial charge in [0.05, 0.1) is 11.7 Å². The topological polar surface area (TPSA) is 46.9 Å². The molecule has 1 N–H and O–H groups in total. The Hall–Kier alpha value is -1.84. The summed E-state index contributed by atoms with van der Waals surface area (Å²) in [4.78, 5) is 12.5. The Kier molecular flexibility index (Phi) is 4.69. The van der Waals surface area contributed by atoms with Gasteiger partial charge in [0.25, 0.3) is 0 Å². The maximum atomic E-state index is 12.5. The van der Waals surface area contributed by atoms with E-state index in [2.05, 4.69) is 31.2 Å². The normalized spacial score (nSPS) is 25.0. The smallest absolute Gasteiger partial charge is 0.241 e. The molecule has 1 aromatic heterocycles. The van der Waals surface area contributed by atoms with E-state index < -0.39 is 0 Å². The first-order chi connectivity index (χ1) is 11.0. The molecule has 0 radical (unpaired) electrons. The number of aromatic nitrogens is 2. The van der Waals surface area contributed by atoms with E-state index in [4.69, 9.17) is 0 Å². The highest BCUT2D eigenvalue weighted by molar-refractivity contribution is 5.82. The van der Waals surface area contributed by atoms with Crippen LogP contribution < -0.4 is 5.32 Å². The zero-order chi connectivity index (χ0) is 16.4. The fourth-order valence-corrected chi connectivity index (χ4v) is 3.91. The molecule has 1 fully saturated rings. The predicted octanol–water partition coefficient (Wildman–Crippen LogP) is 3.61. The lowest BCUT2D eigenvalue weighted by Gasteiger charge is -2.37. The zero-order valence-corrected chi connectivity index (χ0v) is 14.3. The molecule has 23 heavy (non-hydrogen) atoms. The van der Waals surface area contributed by atoms with Gasteiger partial charge in [0, 0.05) is 11.4 Å². The van der Waals surface area contributed by atoms with Gasteiger partial charge in [-0.1, -0.05) is 45.4 Å². The van der Waals surface area contributed by atoms with Crippen LogP contribution in [0.2, 0.25) is 0 Å². The lowest BCUT2D eigenvalue weighted by atomic mass is 9.74. The third kappa shape index (κ3) is 3.57. The predicted molar refractivity (Wildman–Crippen MR) is 93.0 cm³/mol. The standard InChI is InChI=1S/C19H27N3O/c1-13(2)16-9-8-14(3)10-17(16)21-19(23)12-22-18-7-5-4-6-15(18)11-20-22/h4-7,11,13-14,16-17H,8-10,12H2,1-3H3,(H,21,23)/t14-,16-,17+/m1/s1. The number of hydrogen-bond acceptors (Lipinski definition) is 2. The average Bonchev–Trinajstić information content (AvgIpc) is 2.90. The average molecular weight is 313 g/mol. The molecule has 0 unspecified atom stereocenters. The van der Waals surface area contributed by atoms with E-state index in [1.807, 2.05) is 30.5 Å². The highest BCUT2D eigenvalue weighted by Crippen LogP contribution is 2.33. The molecule has 1 aliphatic carbocycles. The Bertz CT molecular complexity index is 676. The molecule has 1 aromatic carbocycles. The lowest BCUT2D eigenvalue weighted by Crippen LogP contribution is -2.46. The van der Waals surface area contributed by atoms with Gasteiger partial charge in [0.15, 0.2) is 0 Å². The van der Waals surface area contributed by atoms with Crippen molar-refractivity contribution in [2.75, 3.05) is 0 Å². The molecule has 1 aliphatic rings. The van der Waals surface area contributed by atoms with Crippen LogP contribution in [0.15, 0.2) is 30.5 Å². The fourth-order valence-electron chi connectivity index (χ4n) is 3.91. The molecule has 1 amide bonds. The molecule has 0 bridgehead atoms. The third-order valence-electron chi connectivity index (χ3n) is 5.21. The van der Waals surface area contributed by atoms with Gasteiger partial charge in [0.1, 0.15) is 6.54 Å². The largest absolute Gasteiger partial charge is 0.351 e. The maximum absolute atomic E-state index is 12.5. The van der Waals surface area contributed by atoms with Crippen molar-refractivity contribution >= 4 is 16.8 Å². The van der Waals surface area contributed by atoms with Crippen molar-refractivity contribution < 1.29 is 4.79 Å². The summed E-state index contributed by atoms with van der Waals surface area (Å²) in [6, 6.07) is 8.30. The first-order valence-corrected chi connectivity index (χ1v) is 8.74. The quantitative estimate of drug-likeness (QED) is 0.937. The van der Waals surface area contributed by atoms with Gasteiger partial charge in [-0.2, -0.15) is 5.10 Å². The minimum absolute atomic E-state index is 0.0728. The minimum Gasteiger partial charge on any atom is -0.351 e. The van der Waals surface area contributed by atoms with Gasteiger partial charge in [-0.05, 0) is 36.7 Å². The Morgan fingerprint density at radius 3 is 2.91 bits per heavy atom. The number of nitrogens with one attached hydrogen (secondary N) is 1. The Labute approximate surface area is 138 Å². The van der Waals surface area contributed by atoms with E-state index >= 15 is 0 Å². The fraction of sp³-hybridized carbons (Fsp3) is 0.579. The van der Waals surface area contributed by atoms with Crippen LogP contribution in [0.25, 0.3) is 10.9 Å². The third-order valence-corrected chi connectivity index (χ3v) is 5.21. The maximum Gasteiger partial charge on any atom is 0.241 e. The van der Waals surface area contributed by atoms with Crippen LogP contribution in [0.3, 0.4) is 0 Å². The van der Waals surface area contributed by atoms with Gasteiger partial charge >= 0.3 is 0 Å². The van der Waals surface area contributed by atoms with Crippen LogP contribution in [0, 0.1) is 17.8 Å². The van der Waals surface area contributed by atoms with Crippen LogP contribution in [0.4, 0.5) is 0 Å². The number of carbonyl (C=O) groups excluding carboxylic acids is 1. The van der Waals surface area contributed by atoms with Gasteiger partial charge in [0.2, 0.25) is 5.91 Å². The first kappa shape index (κ1) is 16.0. The summed E-state index contributed by atoms with van der Waals surface area (Å²) in [6.07, 6.45) is 5.41. The highest BCUT2D eigenvalue weighted by atomic mass is 16.2. The van der Waals surface area contributed by atoms with Crippen molar-refractivity contribution in [2.45, 2.75) is 52.6 Å². The molecule has 4 heteroatoms. The van der Waals surface area contributed by atoms with Crippen molar-refractivity contribution in [3.63, 3.8) is 0 Å². The van der Waals surface area contributed by atoms with E-state index in [0.717, 1.165) is 17.3 Å². The minimum atomic E-state index is 0.0728. The molecule has 0 spiro atoms. The van der Waals surface area contributed by atoms with Crippen LogP contribution >= 0.6 is 0 Å². The molecular formula is C19H27N3O. The monoisotopic (exact) mass is 313 g/mol. The molecule has 0 aliphatic heterocycles. The van der Waals surface area contributed by atoms with Gasteiger partial charge in [-0.3, -0.25) is 9.48 Å². The van der Waals surface area contributed by atoms with Gasteiger partial charge < -0.3 is 5.32 Å². The molecule has 3 rings (SSSR count). The summed E-state index contributed by atoms with van der Waals surface area (Å²) in [5.74, 6) is 1.97. The zero-order valence-electron chi connectivity index (χ0n) is 14.3. The number of rotatable bonds is 4. The van der Waals surface area contributed by atoms with E-state index in [-0.39, 0.29) is 5.91 Å². The van der Waals surface area contributed by atoms with Crippen molar-refractivity contribution in [3.8, 4) is 0 Å². The number of fused-ring (bicyclic) bond motifs is 1. The molecule has 0 saturated heterocycles. The summed E-state index contributed by atoms with van der Waals surface area (Å²) in [7, 11) is 0. The first-order valence-electron chi connectivity index (χ1n) is 8.74.